The third kappa shape index (κ3) is 23.7. The van der Waals surface area contributed by atoms with E-state index in [9.17, 15) is 57.4 Å². The van der Waals surface area contributed by atoms with Gasteiger partial charge in [-0.3, -0.25) is 74.1 Å². The molecule has 5 amide bonds. The van der Waals surface area contributed by atoms with Crippen molar-refractivity contribution in [1.82, 2.24) is 47.8 Å². The number of hydrogen-bond acceptors (Lipinski definition) is 18. The molecular weight excluding hydrogens is 1830 g/mol. The zero-order chi connectivity index (χ0) is 103. The molecule has 5 heterocycles. The normalized spacial score (nSPS) is 17.6. The predicted octanol–water partition coefficient (Wildman–Crippen LogP) is 21.5. The van der Waals surface area contributed by atoms with E-state index < -0.39 is 52.4 Å². The van der Waals surface area contributed by atoms with Gasteiger partial charge in [0.05, 0.1) is 83.4 Å². The van der Waals surface area contributed by atoms with Crippen molar-refractivity contribution in [2.45, 2.75) is 275 Å². The fourth-order valence-electron chi connectivity index (χ4n) is 18.6. The van der Waals surface area contributed by atoms with E-state index in [4.69, 9.17) is 14.2 Å². The SMILES string of the molecule is CC(C)(O)Cc1ccc2nc(NC(=O)[C@H]3CC3(C)C)n(C3CCC3)c2c1F.CC(C)(O)c1ccc2nc(NC(=O)C3CC34CC4)n(-c3ccc(F)cc3)c2c1.CCOC(=O)Cc1ccc2nc(NC(=O)CC(C)(C)C)n(-c3ccc(F)cc3)c2c1F.CCOC(=O)Cc1ccc2nc(NC(=O)CC(C)(C)C)n(C3CCC3)c2c1F.CCOC(=O)Cc1ccc2nc(NC(=O)[C@H]3CC3(C)C)n(C3CCC3)c2c1F. The number of ether oxygens (including phenoxy) is 3. The lowest BCUT2D eigenvalue weighted by Crippen LogP contribution is -2.25. The molecule has 1 unspecified atom stereocenters. The summed E-state index contributed by atoms with van der Waals surface area (Å²) in [5.74, 6) is -2.92. The lowest BCUT2D eigenvalue weighted by atomic mass is 9.92. The molecule has 28 nitrogen and oxygen atoms in total. The van der Waals surface area contributed by atoms with Crippen LogP contribution in [0.5, 0.6) is 0 Å². The van der Waals surface area contributed by atoms with Gasteiger partial charge in [0.15, 0.2) is 23.3 Å². The molecule has 7 aliphatic carbocycles. The van der Waals surface area contributed by atoms with Crippen LogP contribution in [0.2, 0.25) is 0 Å². The van der Waals surface area contributed by atoms with Crippen LogP contribution in [0.1, 0.15) is 266 Å². The van der Waals surface area contributed by atoms with Crippen LogP contribution in [0.3, 0.4) is 0 Å². The summed E-state index contributed by atoms with van der Waals surface area (Å²) in [6.45, 7) is 32.6. The van der Waals surface area contributed by atoms with E-state index in [-0.39, 0.29) is 184 Å². The number of fused-ring (bicyclic) bond motifs is 5. The van der Waals surface area contributed by atoms with Gasteiger partial charge in [-0.2, -0.15) is 0 Å². The lowest BCUT2D eigenvalue weighted by Gasteiger charge is -2.29. The molecule has 7 aliphatic rings. The van der Waals surface area contributed by atoms with Crippen LogP contribution < -0.4 is 26.6 Å². The van der Waals surface area contributed by atoms with Crippen molar-refractivity contribution in [2.24, 2.45) is 44.8 Å². The van der Waals surface area contributed by atoms with E-state index >= 15 is 17.6 Å². The molecular formula is C108H129F6N15O13. The highest BCUT2D eigenvalue weighted by Crippen LogP contribution is 2.71. The molecule has 12 aromatic rings. The number of aliphatic hydroxyl groups is 2. The summed E-state index contributed by atoms with van der Waals surface area (Å²) in [5, 5.41) is 35.0. The first-order valence-corrected chi connectivity index (χ1v) is 49.2. The predicted molar refractivity (Wildman–Crippen MR) is 531 cm³/mol. The third-order valence-electron chi connectivity index (χ3n) is 27.5. The van der Waals surface area contributed by atoms with Crippen molar-refractivity contribution in [3.63, 3.8) is 0 Å². The number of halogens is 6. The van der Waals surface area contributed by atoms with Gasteiger partial charge >= 0.3 is 17.9 Å². The molecule has 7 N–H and O–H groups in total. The zero-order valence-electron chi connectivity index (χ0n) is 83.8. The van der Waals surface area contributed by atoms with E-state index in [0.717, 1.165) is 101 Å². The van der Waals surface area contributed by atoms with Crippen molar-refractivity contribution in [3.8, 4) is 11.4 Å². The third-order valence-corrected chi connectivity index (χ3v) is 27.5. The molecule has 5 aromatic heterocycles. The maximum Gasteiger partial charge on any atom is 0.310 e. The van der Waals surface area contributed by atoms with E-state index in [0.29, 0.717) is 91.3 Å². The number of benzene rings is 7. The summed E-state index contributed by atoms with van der Waals surface area (Å²) in [6.07, 6.45) is 14.1. The number of aromatic nitrogens is 10. The van der Waals surface area contributed by atoms with Crippen LogP contribution in [0.25, 0.3) is 66.5 Å². The Balaban J connectivity index is 0.000000134. The Labute approximate surface area is 821 Å². The first-order chi connectivity index (χ1) is 66.9. The van der Waals surface area contributed by atoms with Crippen LogP contribution in [-0.4, -0.2) is 131 Å². The minimum Gasteiger partial charge on any atom is -0.466 e. The number of imidazole rings is 5. The molecule has 7 saturated carbocycles. The maximum absolute atomic E-state index is 15.5. The Hall–Kier alpha value is -12.9. The number of esters is 3. The second kappa shape index (κ2) is 40.9. The molecule has 34 heteroatoms. The fraction of sp³-hybridized carbons (Fsp3) is 0.491. The first-order valence-electron chi connectivity index (χ1n) is 49.2. The molecule has 756 valence electrons. The number of rotatable bonds is 27. The van der Waals surface area contributed by atoms with Gasteiger partial charge in [0, 0.05) is 83.2 Å². The number of amides is 5. The fourth-order valence-corrected chi connectivity index (χ4v) is 18.6. The van der Waals surface area contributed by atoms with Crippen molar-refractivity contribution in [1.29, 1.82) is 0 Å². The van der Waals surface area contributed by atoms with Crippen molar-refractivity contribution >= 4 is 132 Å². The highest BCUT2D eigenvalue weighted by molar-refractivity contribution is 6.00. The Bertz CT molecular complexity index is 6830. The van der Waals surface area contributed by atoms with Gasteiger partial charge in [0.1, 0.15) is 33.7 Å². The number of nitrogens with zero attached hydrogens (tertiary/aromatic N) is 10. The van der Waals surface area contributed by atoms with Gasteiger partial charge in [0.25, 0.3) is 0 Å². The molecule has 19 rings (SSSR count). The van der Waals surface area contributed by atoms with E-state index in [2.05, 4.69) is 79.2 Å². The number of carbonyl (C=O) groups excluding carboxylic acids is 8. The largest absolute Gasteiger partial charge is 0.466 e. The number of anilines is 5. The average molecular weight is 1960 g/mol. The topological polar surface area (TPSA) is 354 Å². The lowest BCUT2D eigenvalue weighted by molar-refractivity contribution is -0.143. The molecule has 0 bridgehead atoms. The Kier molecular flexibility index (Phi) is 29.8. The first kappa shape index (κ1) is 104. The summed E-state index contributed by atoms with van der Waals surface area (Å²) in [7, 11) is 0. The average Bonchev–Trinajstić information content (AvgIpc) is 1.53. The second-order valence-corrected chi connectivity index (χ2v) is 43.6. The standard InChI is InChI=1S/C23H25F2N3O3.C22H22FN3O2.C21H26FN3O3.C21H28FN3O3.C21H28FN3O2/c1-5-31-19(30)12-14-6-11-17-21(20(14)25)28(16-9-7-15(24)8-10-16)22(26-17)27-18(29)13-23(2,3)4;1-21(2,28)13-3-8-17-18(11-13)26(15-6-4-14(23)5-7-15)20(24-17)25-19(27)16-12-22(16)9-10-22;1-4-28-16(26)10-12-8-9-15-18(17(12)22)25(13-6-5-7-13)20(23-15)24-19(27)14-11-21(14,2)3;1-5-28-17(27)11-13-9-10-15-19(18(13)22)25(14-7-6-8-14)20(23-15)24-16(26)12-21(2,3)4;1-20(2)11-14(20)18(26)24-19-23-15-9-8-12(10-21(3,4)27)16(22)17(15)25(19)13-6-5-7-13/h6-11H,5,12-13H2,1-4H3,(H,26,27,29);3-8,11,16,28H,9-10,12H2,1-2H3,(H,24,25,27);8-9,13-14H,4-7,10-11H2,1-3H3,(H,23,24,27);9-10,14H,5-8,11-12H2,1-4H3,(H,23,24,26);8-9,13-14,27H,5-7,10-11H2,1-4H3,(H,23,24,26)/t;;14-;;14-/m..1.1/s1. The zero-order valence-corrected chi connectivity index (χ0v) is 83.8. The molecule has 0 saturated heterocycles. The summed E-state index contributed by atoms with van der Waals surface area (Å²) < 4.78 is 112. The van der Waals surface area contributed by atoms with Crippen molar-refractivity contribution in [3.05, 3.63) is 178 Å². The second-order valence-electron chi connectivity index (χ2n) is 43.6. The number of carbonyl (C=O) groups is 8. The molecule has 142 heavy (non-hydrogen) atoms. The molecule has 7 fully saturated rings. The van der Waals surface area contributed by atoms with Crippen molar-refractivity contribution in [2.75, 3.05) is 46.4 Å². The van der Waals surface area contributed by atoms with Gasteiger partial charge in [-0.1, -0.05) is 99.6 Å². The summed E-state index contributed by atoms with van der Waals surface area (Å²) >= 11 is 0. The van der Waals surface area contributed by atoms with Crippen molar-refractivity contribution < 1.29 is 89.1 Å². The molecule has 7 aromatic carbocycles. The molecule has 0 aliphatic heterocycles. The monoisotopic (exact) mass is 1960 g/mol. The highest BCUT2D eigenvalue weighted by atomic mass is 19.1. The quantitative estimate of drug-likeness (QED) is 0.0143. The van der Waals surface area contributed by atoms with Gasteiger partial charge in [-0.05, 0) is 261 Å². The Morgan fingerprint density at radius 2 is 0.711 bits per heavy atom. The van der Waals surface area contributed by atoms with Crippen LogP contribution in [0.15, 0.2) is 115 Å². The van der Waals surface area contributed by atoms with Crippen LogP contribution in [0.4, 0.5) is 56.1 Å². The Morgan fingerprint density at radius 3 is 1.06 bits per heavy atom. The van der Waals surface area contributed by atoms with Gasteiger partial charge in [-0.25, -0.2) is 51.3 Å². The van der Waals surface area contributed by atoms with Crippen LogP contribution >= 0.6 is 0 Å². The van der Waals surface area contributed by atoms with E-state index in [1.807, 2.05) is 73.4 Å². The minimum atomic E-state index is -1.01. The van der Waals surface area contributed by atoms with Gasteiger partial charge in [0.2, 0.25) is 59.3 Å². The molecule has 3 atom stereocenters. The van der Waals surface area contributed by atoms with Gasteiger partial charge in [-0.15, -0.1) is 0 Å². The molecule has 0 radical (unpaired) electrons. The minimum absolute atomic E-state index is 0.00104. The Morgan fingerprint density at radius 1 is 0.394 bits per heavy atom. The number of nitrogens with one attached hydrogen (secondary N) is 5. The maximum atomic E-state index is 15.5. The van der Waals surface area contributed by atoms with Crippen LogP contribution in [-0.2, 0) is 83.9 Å². The summed E-state index contributed by atoms with van der Waals surface area (Å²) in [4.78, 5) is 121. The summed E-state index contributed by atoms with van der Waals surface area (Å²) in [5.41, 5.74) is 5.37. The van der Waals surface area contributed by atoms with E-state index in [1.165, 1.54) is 47.0 Å². The van der Waals surface area contributed by atoms with Crippen LogP contribution in [0, 0.1) is 79.7 Å². The molecule has 1 spiro atoms. The van der Waals surface area contributed by atoms with Gasteiger partial charge < -0.3 is 38.1 Å². The summed E-state index contributed by atoms with van der Waals surface area (Å²) in [6, 6.07) is 30.4. The number of hydrogen-bond donors (Lipinski definition) is 7. The van der Waals surface area contributed by atoms with E-state index in [1.54, 1.807) is 108 Å². The smallest absolute Gasteiger partial charge is 0.310 e. The highest BCUT2D eigenvalue weighted by Gasteiger charge is 2.66.